The van der Waals surface area contributed by atoms with Crippen LogP contribution in [0, 0.1) is 5.82 Å². The molecule has 0 aromatic heterocycles. The van der Waals surface area contributed by atoms with Gasteiger partial charge >= 0.3 is 0 Å². The van der Waals surface area contributed by atoms with Crippen LogP contribution in [-0.2, 0) is 0 Å². The molecule has 0 aliphatic carbocycles. The number of halogens is 2. The Balaban J connectivity index is 2.54. The van der Waals surface area contributed by atoms with Crippen molar-refractivity contribution in [2.75, 3.05) is 0 Å². The molecule has 0 aliphatic heterocycles. The number of aliphatic imine (C=N–C) groups is 2. The van der Waals surface area contributed by atoms with Gasteiger partial charge in [0.15, 0.2) is 11.7 Å². The number of nitrogens with zero attached hydrogens (tertiary/aromatic N) is 2. The first-order chi connectivity index (χ1) is 10.9. The Morgan fingerprint density at radius 2 is 1.74 bits per heavy atom. The number of hydrogen-bond donors (Lipinski definition) is 3. The lowest BCUT2D eigenvalue weighted by atomic mass is 10.0. The minimum absolute atomic E-state index is 0.0672. The quantitative estimate of drug-likeness (QED) is 0.430. The molecule has 0 aliphatic rings. The summed E-state index contributed by atoms with van der Waals surface area (Å²) in [6.07, 6.45) is 0. The number of rotatable bonds is 3. The van der Waals surface area contributed by atoms with E-state index in [1.165, 1.54) is 24.3 Å². The first-order valence-corrected chi connectivity index (χ1v) is 7.20. The van der Waals surface area contributed by atoms with E-state index in [0.717, 1.165) is 0 Å². The summed E-state index contributed by atoms with van der Waals surface area (Å²) >= 11 is 3.27. The highest BCUT2D eigenvalue weighted by molar-refractivity contribution is 9.10. The lowest BCUT2D eigenvalue weighted by molar-refractivity contribution is 0.103. The number of benzene rings is 2. The number of guanidine groups is 2. The molecule has 0 radical (unpaired) electrons. The molecule has 6 N–H and O–H groups in total. The molecule has 0 saturated heterocycles. The van der Waals surface area contributed by atoms with E-state index in [9.17, 15) is 9.18 Å². The summed E-state index contributed by atoms with van der Waals surface area (Å²) in [6, 6.07) is 10.4. The predicted octanol–water partition coefficient (Wildman–Crippen LogP) is 2.04. The van der Waals surface area contributed by atoms with Crippen LogP contribution in [0.1, 0.15) is 15.9 Å². The molecule has 0 fully saturated rings. The van der Waals surface area contributed by atoms with Crippen LogP contribution >= 0.6 is 15.9 Å². The Hall–Kier alpha value is -2.74. The summed E-state index contributed by atoms with van der Waals surface area (Å²) in [5.41, 5.74) is 16.4. The van der Waals surface area contributed by atoms with Crippen molar-refractivity contribution in [1.82, 2.24) is 0 Å². The SMILES string of the molecule is NC(N)=NC(N)=Nc1ccc(Br)cc1C(=O)c1ccccc1F. The summed E-state index contributed by atoms with van der Waals surface area (Å²) < 4.78 is 14.5. The largest absolute Gasteiger partial charge is 0.370 e. The van der Waals surface area contributed by atoms with E-state index in [1.807, 2.05) is 0 Å². The zero-order chi connectivity index (χ0) is 17.0. The molecule has 0 atom stereocenters. The highest BCUT2D eigenvalue weighted by Crippen LogP contribution is 2.27. The summed E-state index contributed by atoms with van der Waals surface area (Å²) in [7, 11) is 0. The molecule has 2 aromatic rings. The van der Waals surface area contributed by atoms with Gasteiger partial charge in [-0.25, -0.2) is 9.38 Å². The smallest absolute Gasteiger partial charge is 0.223 e. The average molecular weight is 378 g/mol. The molecule has 0 bridgehead atoms. The standard InChI is InChI=1S/C15H13BrFN5O/c16-8-5-6-12(21-15(20)22-14(18)19)10(7-8)13(23)9-3-1-2-4-11(9)17/h1-7H,(H6,18,19,20,21,22). The fraction of sp³-hybridized carbons (Fsp3) is 0. The molecule has 23 heavy (non-hydrogen) atoms. The third-order valence-corrected chi connectivity index (χ3v) is 3.29. The number of hydrogen-bond acceptors (Lipinski definition) is 2. The van der Waals surface area contributed by atoms with E-state index in [-0.39, 0.29) is 28.7 Å². The Bertz CT molecular complexity index is 815. The van der Waals surface area contributed by atoms with Gasteiger partial charge in [-0.05, 0) is 30.3 Å². The Morgan fingerprint density at radius 1 is 1.04 bits per heavy atom. The van der Waals surface area contributed by atoms with E-state index in [4.69, 9.17) is 17.2 Å². The number of carbonyl (C=O) groups excluding carboxylic acids is 1. The zero-order valence-corrected chi connectivity index (χ0v) is 13.4. The van der Waals surface area contributed by atoms with Crippen molar-refractivity contribution < 1.29 is 9.18 Å². The lowest BCUT2D eigenvalue weighted by Gasteiger charge is -2.07. The van der Waals surface area contributed by atoms with Gasteiger partial charge in [0, 0.05) is 10.0 Å². The van der Waals surface area contributed by atoms with Gasteiger partial charge in [0.2, 0.25) is 5.96 Å². The minimum Gasteiger partial charge on any atom is -0.370 e. The normalized spacial score (nSPS) is 11.1. The van der Waals surface area contributed by atoms with Crippen LogP contribution in [0.3, 0.4) is 0 Å². The van der Waals surface area contributed by atoms with Gasteiger partial charge in [0.05, 0.1) is 11.3 Å². The molecule has 8 heteroatoms. The molecule has 6 nitrogen and oxygen atoms in total. The lowest BCUT2D eigenvalue weighted by Crippen LogP contribution is -2.26. The average Bonchev–Trinajstić information content (AvgIpc) is 2.48. The number of nitrogens with two attached hydrogens (primary N) is 3. The topological polar surface area (TPSA) is 120 Å². The van der Waals surface area contributed by atoms with Gasteiger partial charge in [-0.1, -0.05) is 28.1 Å². The molecule has 2 aromatic carbocycles. The maximum Gasteiger partial charge on any atom is 0.223 e. The van der Waals surface area contributed by atoms with Crippen LogP contribution in [0.2, 0.25) is 0 Å². The Kier molecular flexibility index (Phi) is 5.07. The van der Waals surface area contributed by atoms with E-state index < -0.39 is 11.6 Å². The second kappa shape index (κ2) is 7.01. The minimum atomic E-state index is -0.621. The highest BCUT2D eigenvalue weighted by atomic mass is 79.9. The Labute approximate surface area is 140 Å². The summed E-state index contributed by atoms with van der Waals surface area (Å²) in [5, 5.41) is 0. The van der Waals surface area contributed by atoms with Crippen LogP contribution in [0.5, 0.6) is 0 Å². The fourth-order valence-corrected chi connectivity index (χ4v) is 2.22. The Morgan fingerprint density at radius 3 is 2.39 bits per heavy atom. The van der Waals surface area contributed by atoms with Gasteiger partial charge in [-0.15, -0.1) is 0 Å². The third kappa shape index (κ3) is 4.13. The third-order valence-electron chi connectivity index (χ3n) is 2.80. The van der Waals surface area contributed by atoms with Crippen molar-refractivity contribution in [3.63, 3.8) is 0 Å². The highest BCUT2D eigenvalue weighted by Gasteiger charge is 2.17. The van der Waals surface area contributed by atoms with Crippen molar-refractivity contribution in [3.05, 3.63) is 63.9 Å². The van der Waals surface area contributed by atoms with Gasteiger partial charge in [0.1, 0.15) is 5.82 Å². The van der Waals surface area contributed by atoms with Crippen molar-refractivity contribution in [2.45, 2.75) is 0 Å². The van der Waals surface area contributed by atoms with Gasteiger partial charge in [-0.2, -0.15) is 4.99 Å². The molecule has 0 heterocycles. The van der Waals surface area contributed by atoms with E-state index >= 15 is 0 Å². The second-order valence-electron chi connectivity index (χ2n) is 4.48. The summed E-state index contributed by atoms with van der Waals surface area (Å²) in [4.78, 5) is 20.2. The van der Waals surface area contributed by atoms with Crippen molar-refractivity contribution >= 4 is 39.3 Å². The fourth-order valence-electron chi connectivity index (χ4n) is 1.86. The van der Waals surface area contributed by atoms with Crippen molar-refractivity contribution in [2.24, 2.45) is 27.2 Å². The first-order valence-electron chi connectivity index (χ1n) is 6.41. The van der Waals surface area contributed by atoms with E-state index in [1.54, 1.807) is 18.2 Å². The van der Waals surface area contributed by atoms with Crippen LogP contribution in [0.25, 0.3) is 0 Å². The summed E-state index contributed by atoms with van der Waals surface area (Å²) in [5.74, 6) is -1.62. The van der Waals surface area contributed by atoms with E-state index in [0.29, 0.717) is 4.47 Å². The molecular weight excluding hydrogens is 365 g/mol. The first kappa shape index (κ1) is 16.6. The van der Waals surface area contributed by atoms with Crippen LogP contribution in [-0.4, -0.2) is 17.7 Å². The number of ketones is 1. The van der Waals surface area contributed by atoms with Gasteiger partial charge < -0.3 is 17.2 Å². The maximum absolute atomic E-state index is 13.8. The second-order valence-corrected chi connectivity index (χ2v) is 5.39. The predicted molar refractivity (Wildman–Crippen MR) is 91.1 cm³/mol. The van der Waals surface area contributed by atoms with Crippen LogP contribution < -0.4 is 17.2 Å². The van der Waals surface area contributed by atoms with Gasteiger partial charge in [0.25, 0.3) is 0 Å². The molecule has 0 unspecified atom stereocenters. The van der Waals surface area contributed by atoms with Crippen LogP contribution in [0.4, 0.5) is 10.1 Å². The van der Waals surface area contributed by atoms with Gasteiger partial charge in [-0.3, -0.25) is 4.79 Å². The molecule has 0 amide bonds. The molecule has 0 spiro atoms. The zero-order valence-electron chi connectivity index (χ0n) is 11.8. The van der Waals surface area contributed by atoms with E-state index in [2.05, 4.69) is 25.9 Å². The maximum atomic E-state index is 13.8. The molecule has 2 rings (SSSR count). The van der Waals surface area contributed by atoms with Crippen LogP contribution in [0.15, 0.2) is 56.9 Å². The van der Waals surface area contributed by atoms with Crippen molar-refractivity contribution in [1.29, 1.82) is 0 Å². The summed E-state index contributed by atoms with van der Waals surface area (Å²) in [6.45, 7) is 0. The monoisotopic (exact) mass is 377 g/mol. The van der Waals surface area contributed by atoms with Crippen molar-refractivity contribution in [3.8, 4) is 0 Å². The number of carbonyl (C=O) groups is 1. The molecule has 0 saturated carbocycles. The molecule has 118 valence electrons. The molecular formula is C15H13BrFN5O.